The fourth-order valence-electron chi connectivity index (χ4n) is 2.82. The summed E-state index contributed by atoms with van der Waals surface area (Å²) >= 11 is 3.48. The quantitative estimate of drug-likeness (QED) is 0.807. The Morgan fingerprint density at radius 2 is 1.95 bits per heavy atom. The topological polar surface area (TPSA) is 38.7 Å². The molecule has 0 amide bonds. The van der Waals surface area contributed by atoms with E-state index < -0.39 is 6.10 Å². The Kier molecular flexibility index (Phi) is 4.32. The van der Waals surface area contributed by atoms with Crippen molar-refractivity contribution >= 4 is 15.9 Å². The summed E-state index contributed by atoms with van der Waals surface area (Å²) in [6.45, 7) is 0.246. The zero-order valence-electron chi connectivity index (χ0n) is 11.4. The largest absolute Gasteiger partial charge is 0.454 e. The minimum absolute atomic E-state index is 0.246. The third kappa shape index (κ3) is 2.86. The molecular formula is C16H19BrO3. The molecule has 0 spiro atoms. The first-order chi connectivity index (χ1) is 9.75. The number of halogens is 1. The molecule has 3 rings (SSSR count). The van der Waals surface area contributed by atoms with Crippen molar-refractivity contribution in [3.05, 3.63) is 33.8 Å². The number of allylic oxidation sites excluding steroid dienone is 1. The van der Waals surface area contributed by atoms with Crippen LogP contribution in [-0.4, -0.2) is 11.9 Å². The molecule has 3 nitrogen and oxygen atoms in total. The zero-order valence-corrected chi connectivity index (χ0v) is 13.0. The maximum absolute atomic E-state index is 10.6. The molecule has 0 fully saturated rings. The first-order valence-electron chi connectivity index (χ1n) is 7.22. The van der Waals surface area contributed by atoms with Crippen LogP contribution in [0.25, 0.3) is 0 Å². The molecule has 20 heavy (non-hydrogen) atoms. The SMILES string of the molecule is OC(/C1=C/CCCCCC1)c1cc(Br)c2c(c1)OCO2. The van der Waals surface area contributed by atoms with E-state index >= 15 is 0 Å². The average Bonchev–Trinajstić information content (AvgIpc) is 2.86. The van der Waals surface area contributed by atoms with Gasteiger partial charge in [0, 0.05) is 0 Å². The van der Waals surface area contributed by atoms with E-state index in [-0.39, 0.29) is 6.79 Å². The van der Waals surface area contributed by atoms with E-state index in [0.717, 1.165) is 40.6 Å². The van der Waals surface area contributed by atoms with Crippen molar-refractivity contribution in [1.82, 2.24) is 0 Å². The second-order valence-corrected chi connectivity index (χ2v) is 6.23. The minimum atomic E-state index is -0.543. The number of benzene rings is 1. The highest BCUT2D eigenvalue weighted by Gasteiger charge is 2.22. The summed E-state index contributed by atoms with van der Waals surface area (Å²) in [5.41, 5.74) is 2.00. The standard InChI is InChI=1S/C16H19BrO3/c17-13-8-12(9-14-16(13)20-10-19-14)15(18)11-6-4-2-1-3-5-7-11/h6,8-9,15,18H,1-5,7,10H2/b11-6+. The van der Waals surface area contributed by atoms with Gasteiger partial charge >= 0.3 is 0 Å². The summed E-state index contributed by atoms with van der Waals surface area (Å²) in [4.78, 5) is 0. The number of ether oxygens (including phenoxy) is 2. The summed E-state index contributed by atoms with van der Waals surface area (Å²) in [6, 6.07) is 3.81. The molecule has 108 valence electrons. The van der Waals surface area contributed by atoms with E-state index in [4.69, 9.17) is 9.47 Å². The lowest BCUT2D eigenvalue weighted by atomic mass is 9.93. The van der Waals surface area contributed by atoms with Crippen molar-refractivity contribution in [2.75, 3.05) is 6.79 Å². The van der Waals surface area contributed by atoms with Crippen LogP contribution < -0.4 is 9.47 Å². The highest BCUT2D eigenvalue weighted by molar-refractivity contribution is 9.10. The molecule has 4 heteroatoms. The van der Waals surface area contributed by atoms with Crippen LogP contribution in [0, 0.1) is 0 Å². The van der Waals surface area contributed by atoms with Crippen molar-refractivity contribution in [1.29, 1.82) is 0 Å². The van der Waals surface area contributed by atoms with Gasteiger partial charge in [0.05, 0.1) is 4.47 Å². The molecule has 1 aromatic carbocycles. The van der Waals surface area contributed by atoms with Crippen LogP contribution in [0.5, 0.6) is 11.5 Å². The lowest BCUT2D eigenvalue weighted by Crippen LogP contribution is -2.04. The van der Waals surface area contributed by atoms with Crippen molar-refractivity contribution in [3.63, 3.8) is 0 Å². The Morgan fingerprint density at radius 1 is 1.10 bits per heavy atom. The van der Waals surface area contributed by atoms with Crippen molar-refractivity contribution in [2.24, 2.45) is 0 Å². The van der Waals surface area contributed by atoms with Crippen LogP contribution in [0.1, 0.15) is 50.2 Å². The summed E-state index contributed by atoms with van der Waals surface area (Å²) in [7, 11) is 0. The van der Waals surface area contributed by atoms with E-state index in [2.05, 4.69) is 22.0 Å². The van der Waals surface area contributed by atoms with Gasteiger partial charge in [0.2, 0.25) is 6.79 Å². The van der Waals surface area contributed by atoms with Crippen LogP contribution in [0.2, 0.25) is 0 Å². The van der Waals surface area contributed by atoms with Crippen LogP contribution >= 0.6 is 15.9 Å². The maximum atomic E-state index is 10.6. The molecule has 1 unspecified atom stereocenters. The second-order valence-electron chi connectivity index (χ2n) is 5.37. The highest BCUT2D eigenvalue weighted by atomic mass is 79.9. The minimum Gasteiger partial charge on any atom is -0.454 e. The third-order valence-corrected chi connectivity index (χ3v) is 4.53. The van der Waals surface area contributed by atoms with Crippen molar-refractivity contribution < 1.29 is 14.6 Å². The van der Waals surface area contributed by atoms with E-state index in [1.54, 1.807) is 0 Å². The van der Waals surface area contributed by atoms with E-state index in [9.17, 15) is 5.11 Å². The molecule has 0 bridgehead atoms. The van der Waals surface area contributed by atoms with Gasteiger partial charge in [0.1, 0.15) is 6.10 Å². The summed E-state index contributed by atoms with van der Waals surface area (Å²) in [6.07, 6.45) is 8.66. The molecule has 1 atom stereocenters. The summed E-state index contributed by atoms with van der Waals surface area (Å²) < 4.78 is 11.6. The average molecular weight is 339 g/mol. The van der Waals surface area contributed by atoms with Gasteiger partial charge in [-0.3, -0.25) is 0 Å². The van der Waals surface area contributed by atoms with Gasteiger partial charge in [0.25, 0.3) is 0 Å². The Balaban J connectivity index is 1.86. The van der Waals surface area contributed by atoms with Crippen molar-refractivity contribution in [3.8, 4) is 11.5 Å². The molecule has 0 radical (unpaired) electrons. The van der Waals surface area contributed by atoms with E-state index in [1.807, 2.05) is 12.1 Å². The molecule has 0 aromatic heterocycles. The fraction of sp³-hybridized carbons (Fsp3) is 0.500. The first-order valence-corrected chi connectivity index (χ1v) is 8.01. The summed E-state index contributed by atoms with van der Waals surface area (Å²) in [5.74, 6) is 1.44. The second kappa shape index (κ2) is 6.19. The molecule has 1 aliphatic carbocycles. The van der Waals surface area contributed by atoms with Gasteiger partial charge in [-0.05, 0) is 64.9 Å². The third-order valence-electron chi connectivity index (χ3n) is 3.94. The van der Waals surface area contributed by atoms with Gasteiger partial charge in [-0.1, -0.05) is 18.9 Å². The number of aliphatic hydroxyl groups is 1. The van der Waals surface area contributed by atoms with Gasteiger partial charge < -0.3 is 14.6 Å². The van der Waals surface area contributed by atoms with Gasteiger partial charge in [-0.15, -0.1) is 0 Å². The Hall–Kier alpha value is -1.00. The fourth-order valence-corrected chi connectivity index (χ4v) is 3.40. The lowest BCUT2D eigenvalue weighted by molar-refractivity contribution is 0.173. The molecule has 0 saturated carbocycles. The Labute approximate surface area is 127 Å². The zero-order chi connectivity index (χ0) is 13.9. The normalized spacial score (nSPS) is 22.6. The molecule has 1 heterocycles. The molecule has 2 aliphatic rings. The van der Waals surface area contributed by atoms with Crippen LogP contribution in [0.15, 0.2) is 28.3 Å². The Bertz CT molecular complexity index is 525. The maximum Gasteiger partial charge on any atom is 0.231 e. The Morgan fingerprint density at radius 3 is 2.85 bits per heavy atom. The van der Waals surface area contributed by atoms with Gasteiger partial charge in [-0.25, -0.2) is 0 Å². The predicted octanol–water partition coefficient (Wildman–Crippen LogP) is 4.49. The number of fused-ring (bicyclic) bond motifs is 1. The monoisotopic (exact) mass is 338 g/mol. The van der Waals surface area contributed by atoms with Crippen LogP contribution in [0.4, 0.5) is 0 Å². The predicted molar refractivity (Wildman–Crippen MR) is 81.0 cm³/mol. The van der Waals surface area contributed by atoms with Gasteiger partial charge in [-0.2, -0.15) is 0 Å². The number of rotatable bonds is 2. The van der Waals surface area contributed by atoms with E-state index in [1.165, 1.54) is 19.3 Å². The number of hydrogen-bond donors (Lipinski definition) is 1. The number of hydrogen-bond acceptors (Lipinski definition) is 3. The van der Waals surface area contributed by atoms with E-state index in [0.29, 0.717) is 5.75 Å². The molecular weight excluding hydrogens is 320 g/mol. The molecule has 0 saturated heterocycles. The first kappa shape index (κ1) is 14.0. The van der Waals surface area contributed by atoms with Gasteiger partial charge in [0.15, 0.2) is 11.5 Å². The lowest BCUT2D eigenvalue weighted by Gasteiger charge is -2.18. The highest BCUT2D eigenvalue weighted by Crippen LogP contribution is 2.42. The van der Waals surface area contributed by atoms with Crippen molar-refractivity contribution in [2.45, 2.75) is 44.6 Å². The molecule has 1 aliphatic heterocycles. The summed E-state index contributed by atoms with van der Waals surface area (Å²) in [5, 5.41) is 10.6. The van der Waals surface area contributed by atoms with Crippen LogP contribution in [0.3, 0.4) is 0 Å². The number of aliphatic hydroxyl groups excluding tert-OH is 1. The molecule has 1 aromatic rings. The van der Waals surface area contributed by atoms with Crippen LogP contribution in [-0.2, 0) is 0 Å². The smallest absolute Gasteiger partial charge is 0.231 e. The molecule has 1 N–H and O–H groups in total.